The van der Waals surface area contributed by atoms with Crippen molar-refractivity contribution in [2.75, 3.05) is 13.2 Å². The number of benzene rings is 1. The van der Waals surface area contributed by atoms with Gasteiger partial charge in [-0.2, -0.15) is 0 Å². The molecule has 1 fully saturated rings. The molecule has 104 valence electrons. The summed E-state index contributed by atoms with van der Waals surface area (Å²) in [4.78, 5) is 10.8. The molecule has 0 aliphatic carbocycles. The second kappa shape index (κ2) is 6.03. The molecule has 5 heteroatoms. The van der Waals surface area contributed by atoms with Crippen molar-refractivity contribution >= 4 is 21.9 Å². The third-order valence-corrected chi connectivity index (χ3v) is 4.15. The van der Waals surface area contributed by atoms with Crippen LogP contribution >= 0.6 is 15.9 Å². The van der Waals surface area contributed by atoms with Crippen molar-refractivity contribution in [3.63, 3.8) is 0 Å². The molecule has 0 aromatic heterocycles. The van der Waals surface area contributed by atoms with E-state index in [0.29, 0.717) is 12.1 Å². The first-order valence-corrected chi connectivity index (χ1v) is 7.16. The predicted octanol–water partition coefficient (Wildman–Crippen LogP) is 2.81. The Kier molecular flexibility index (Phi) is 4.60. The second-order valence-corrected chi connectivity index (χ2v) is 5.97. The highest BCUT2D eigenvalue weighted by molar-refractivity contribution is 9.10. The first-order chi connectivity index (χ1) is 9.00. The van der Waals surface area contributed by atoms with Gasteiger partial charge in [0.2, 0.25) is 0 Å². The van der Waals surface area contributed by atoms with Crippen LogP contribution in [0.1, 0.15) is 35.7 Å². The SMILES string of the molecule is CC1(CNCc2ccc(C(=O)O)cc2Br)CCCO1. The Morgan fingerprint density at radius 1 is 1.58 bits per heavy atom. The number of hydrogen-bond donors (Lipinski definition) is 2. The Morgan fingerprint density at radius 2 is 2.37 bits per heavy atom. The maximum Gasteiger partial charge on any atom is 0.335 e. The molecule has 2 N–H and O–H groups in total. The van der Waals surface area contributed by atoms with E-state index in [9.17, 15) is 4.79 Å². The Bertz CT molecular complexity index is 470. The van der Waals surface area contributed by atoms with E-state index in [1.54, 1.807) is 12.1 Å². The van der Waals surface area contributed by atoms with E-state index in [1.807, 2.05) is 6.07 Å². The molecule has 1 aliphatic rings. The van der Waals surface area contributed by atoms with E-state index in [1.165, 1.54) is 0 Å². The van der Waals surface area contributed by atoms with Crippen molar-refractivity contribution < 1.29 is 14.6 Å². The highest BCUT2D eigenvalue weighted by Gasteiger charge is 2.28. The van der Waals surface area contributed by atoms with Gasteiger partial charge in [-0.15, -0.1) is 0 Å². The van der Waals surface area contributed by atoms with Crippen LogP contribution in [0.25, 0.3) is 0 Å². The minimum absolute atomic E-state index is 0.0620. The lowest BCUT2D eigenvalue weighted by Crippen LogP contribution is -2.36. The number of aromatic carboxylic acids is 1. The predicted molar refractivity (Wildman–Crippen MR) is 76.4 cm³/mol. The fourth-order valence-corrected chi connectivity index (χ4v) is 2.78. The minimum atomic E-state index is -0.910. The Labute approximate surface area is 121 Å². The van der Waals surface area contributed by atoms with Gasteiger partial charge in [0.1, 0.15) is 0 Å². The smallest absolute Gasteiger partial charge is 0.335 e. The minimum Gasteiger partial charge on any atom is -0.478 e. The van der Waals surface area contributed by atoms with Crippen LogP contribution in [-0.4, -0.2) is 29.8 Å². The molecule has 0 radical (unpaired) electrons. The summed E-state index contributed by atoms with van der Waals surface area (Å²) in [7, 11) is 0. The normalized spacial score (nSPS) is 22.6. The van der Waals surface area contributed by atoms with Gasteiger partial charge in [-0.3, -0.25) is 0 Å². The van der Waals surface area contributed by atoms with E-state index in [-0.39, 0.29) is 5.60 Å². The van der Waals surface area contributed by atoms with Gasteiger partial charge in [-0.25, -0.2) is 4.79 Å². The van der Waals surface area contributed by atoms with Crippen LogP contribution in [0.2, 0.25) is 0 Å². The molecular formula is C14H18BrNO3. The fourth-order valence-electron chi connectivity index (χ4n) is 2.26. The number of carboxylic acids is 1. The van der Waals surface area contributed by atoms with Gasteiger partial charge in [0.05, 0.1) is 11.2 Å². The number of halogens is 1. The summed E-state index contributed by atoms with van der Waals surface area (Å²) in [5, 5.41) is 12.3. The van der Waals surface area contributed by atoms with Crippen LogP contribution in [0.5, 0.6) is 0 Å². The average Bonchev–Trinajstić information content (AvgIpc) is 2.78. The molecule has 1 heterocycles. The molecule has 0 saturated carbocycles. The lowest BCUT2D eigenvalue weighted by molar-refractivity contribution is 0.0206. The highest BCUT2D eigenvalue weighted by atomic mass is 79.9. The fraction of sp³-hybridized carbons (Fsp3) is 0.500. The van der Waals surface area contributed by atoms with Crippen LogP contribution in [0.15, 0.2) is 22.7 Å². The van der Waals surface area contributed by atoms with Gasteiger partial charge in [0, 0.05) is 24.2 Å². The van der Waals surface area contributed by atoms with Gasteiger partial charge in [0.15, 0.2) is 0 Å². The lowest BCUT2D eigenvalue weighted by atomic mass is 10.0. The summed E-state index contributed by atoms with van der Waals surface area (Å²) in [5.74, 6) is -0.910. The molecule has 1 atom stereocenters. The summed E-state index contributed by atoms with van der Waals surface area (Å²) in [5.41, 5.74) is 1.28. The summed E-state index contributed by atoms with van der Waals surface area (Å²) in [6.45, 7) is 4.46. The quantitative estimate of drug-likeness (QED) is 0.873. The molecule has 1 aromatic rings. The topological polar surface area (TPSA) is 58.6 Å². The number of carbonyl (C=O) groups is 1. The molecule has 0 spiro atoms. The maximum atomic E-state index is 10.8. The van der Waals surface area contributed by atoms with E-state index < -0.39 is 5.97 Å². The van der Waals surface area contributed by atoms with Crippen LogP contribution in [0.4, 0.5) is 0 Å². The molecule has 1 saturated heterocycles. The molecule has 1 aromatic carbocycles. The Hall–Kier alpha value is -0.910. The zero-order valence-electron chi connectivity index (χ0n) is 10.9. The van der Waals surface area contributed by atoms with Crippen LogP contribution < -0.4 is 5.32 Å². The van der Waals surface area contributed by atoms with Gasteiger partial charge < -0.3 is 15.2 Å². The summed E-state index contributed by atoms with van der Waals surface area (Å²) in [6, 6.07) is 5.09. The molecule has 1 unspecified atom stereocenters. The zero-order chi connectivity index (χ0) is 13.9. The van der Waals surface area contributed by atoms with E-state index >= 15 is 0 Å². The van der Waals surface area contributed by atoms with Crippen molar-refractivity contribution in [3.8, 4) is 0 Å². The number of nitrogens with one attached hydrogen (secondary N) is 1. The molecule has 0 amide bonds. The maximum absolute atomic E-state index is 10.8. The molecule has 2 rings (SSSR count). The molecular weight excluding hydrogens is 310 g/mol. The lowest BCUT2D eigenvalue weighted by Gasteiger charge is -2.23. The third-order valence-electron chi connectivity index (χ3n) is 3.41. The van der Waals surface area contributed by atoms with Crippen LogP contribution in [0.3, 0.4) is 0 Å². The van der Waals surface area contributed by atoms with Crippen molar-refractivity contribution in [2.45, 2.75) is 31.9 Å². The monoisotopic (exact) mass is 327 g/mol. The molecule has 19 heavy (non-hydrogen) atoms. The number of carboxylic acid groups (broad SMARTS) is 1. The van der Waals surface area contributed by atoms with Gasteiger partial charge >= 0.3 is 5.97 Å². The molecule has 0 bridgehead atoms. The van der Waals surface area contributed by atoms with Crippen LogP contribution in [0, 0.1) is 0 Å². The largest absolute Gasteiger partial charge is 0.478 e. The van der Waals surface area contributed by atoms with Crippen molar-refractivity contribution in [1.82, 2.24) is 5.32 Å². The van der Waals surface area contributed by atoms with Gasteiger partial charge in [-0.05, 0) is 37.5 Å². The first kappa shape index (κ1) is 14.5. The molecule has 1 aliphatic heterocycles. The first-order valence-electron chi connectivity index (χ1n) is 6.37. The van der Waals surface area contributed by atoms with Crippen molar-refractivity contribution in [1.29, 1.82) is 0 Å². The standard InChI is InChI=1S/C14H18BrNO3/c1-14(5-2-6-19-14)9-16-8-11-4-3-10(13(17)18)7-12(11)15/h3-4,7,16H,2,5-6,8-9H2,1H3,(H,17,18). The summed E-state index contributed by atoms with van der Waals surface area (Å²) in [6.07, 6.45) is 2.20. The van der Waals surface area contributed by atoms with Gasteiger partial charge in [0.25, 0.3) is 0 Å². The van der Waals surface area contributed by atoms with E-state index in [4.69, 9.17) is 9.84 Å². The second-order valence-electron chi connectivity index (χ2n) is 5.12. The zero-order valence-corrected chi connectivity index (χ0v) is 12.5. The highest BCUT2D eigenvalue weighted by Crippen LogP contribution is 2.24. The third kappa shape index (κ3) is 3.78. The average molecular weight is 328 g/mol. The Morgan fingerprint density at radius 3 is 2.95 bits per heavy atom. The summed E-state index contributed by atoms with van der Waals surface area (Å²) >= 11 is 3.41. The summed E-state index contributed by atoms with van der Waals surface area (Å²) < 4.78 is 6.52. The van der Waals surface area contributed by atoms with E-state index in [2.05, 4.69) is 28.2 Å². The van der Waals surface area contributed by atoms with Crippen LogP contribution in [-0.2, 0) is 11.3 Å². The van der Waals surface area contributed by atoms with E-state index in [0.717, 1.165) is 36.0 Å². The van der Waals surface area contributed by atoms with Crippen molar-refractivity contribution in [2.24, 2.45) is 0 Å². The van der Waals surface area contributed by atoms with Gasteiger partial charge in [-0.1, -0.05) is 22.0 Å². The van der Waals surface area contributed by atoms with Crippen molar-refractivity contribution in [3.05, 3.63) is 33.8 Å². The number of hydrogen-bond acceptors (Lipinski definition) is 3. The Balaban J connectivity index is 1.91. The number of ether oxygens (including phenoxy) is 1. The molecule has 4 nitrogen and oxygen atoms in total. The number of rotatable bonds is 5.